The van der Waals surface area contributed by atoms with Gasteiger partial charge in [0.1, 0.15) is 0 Å². The number of likely N-dealkylation sites (tertiary alicyclic amines) is 1. The zero-order valence-corrected chi connectivity index (χ0v) is 13.7. The molecular formula is C15H29N3OS. The number of rotatable bonds is 5. The first kappa shape index (κ1) is 16.1. The number of amides is 1. The Morgan fingerprint density at radius 3 is 3.10 bits per heavy atom. The third-order valence-corrected chi connectivity index (χ3v) is 5.47. The Hall–Kier alpha value is -0.260. The number of hydrogen-bond acceptors (Lipinski definition) is 4. The van der Waals surface area contributed by atoms with Crippen molar-refractivity contribution in [2.45, 2.75) is 45.2 Å². The van der Waals surface area contributed by atoms with Crippen molar-refractivity contribution in [2.75, 3.05) is 37.7 Å². The Balaban J connectivity index is 1.64. The zero-order chi connectivity index (χ0) is 14.4. The second kappa shape index (κ2) is 8.25. The highest BCUT2D eigenvalue weighted by Gasteiger charge is 2.22. The molecule has 3 unspecified atom stereocenters. The molecule has 1 amide bonds. The second-order valence-electron chi connectivity index (χ2n) is 6.33. The summed E-state index contributed by atoms with van der Waals surface area (Å²) < 4.78 is 0. The van der Waals surface area contributed by atoms with Crippen LogP contribution in [0.1, 0.15) is 33.1 Å². The Morgan fingerprint density at radius 1 is 1.55 bits per heavy atom. The highest BCUT2D eigenvalue weighted by Crippen LogP contribution is 2.17. The molecule has 5 heteroatoms. The summed E-state index contributed by atoms with van der Waals surface area (Å²) in [6.45, 7) is 8.73. The van der Waals surface area contributed by atoms with Gasteiger partial charge in [0.05, 0.1) is 0 Å². The summed E-state index contributed by atoms with van der Waals surface area (Å²) in [5, 5.41) is 6.53. The van der Waals surface area contributed by atoms with Crippen LogP contribution in [0.2, 0.25) is 0 Å². The van der Waals surface area contributed by atoms with Gasteiger partial charge in [-0.25, -0.2) is 0 Å². The van der Waals surface area contributed by atoms with Crippen LogP contribution >= 0.6 is 11.8 Å². The zero-order valence-electron chi connectivity index (χ0n) is 12.9. The van der Waals surface area contributed by atoms with Gasteiger partial charge in [-0.3, -0.25) is 9.69 Å². The molecule has 0 aromatic carbocycles. The van der Waals surface area contributed by atoms with E-state index in [0.717, 1.165) is 24.8 Å². The summed E-state index contributed by atoms with van der Waals surface area (Å²) in [5.74, 6) is 3.22. The molecule has 116 valence electrons. The summed E-state index contributed by atoms with van der Waals surface area (Å²) >= 11 is 1.94. The molecule has 20 heavy (non-hydrogen) atoms. The van der Waals surface area contributed by atoms with E-state index in [1.807, 2.05) is 11.8 Å². The molecule has 3 atom stereocenters. The van der Waals surface area contributed by atoms with Crippen LogP contribution in [0, 0.1) is 5.92 Å². The summed E-state index contributed by atoms with van der Waals surface area (Å²) in [6, 6.07) is 0.814. The quantitative estimate of drug-likeness (QED) is 0.804. The standard InChI is InChI=1S/C15H29N3OS/c1-12-4-3-6-18(10-12)13(2)9-17-15(19)8-14-11-20-7-5-16-14/h12-14,16H,3-11H2,1-2H3,(H,17,19). The number of carbonyl (C=O) groups excluding carboxylic acids is 1. The summed E-state index contributed by atoms with van der Waals surface area (Å²) in [4.78, 5) is 14.5. The van der Waals surface area contributed by atoms with Gasteiger partial charge in [0.15, 0.2) is 0 Å². The Labute approximate surface area is 127 Å². The maximum atomic E-state index is 12.0. The fourth-order valence-corrected chi connectivity index (χ4v) is 4.01. The van der Waals surface area contributed by atoms with E-state index in [1.165, 1.54) is 31.7 Å². The third-order valence-electron chi connectivity index (χ3n) is 4.34. The third kappa shape index (κ3) is 5.26. The number of hydrogen-bond donors (Lipinski definition) is 2. The Bertz CT molecular complexity index is 307. The van der Waals surface area contributed by atoms with Gasteiger partial charge in [-0.2, -0.15) is 11.8 Å². The van der Waals surface area contributed by atoms with Gasteiger partial charge in [0, 0.05) is 49.6 Å². The van der Waals surface area contributed by atoms with Crippen LogP contribution in [0.5, 0.6) is 0 Å². The van der Waals surface area contributed by atoms with E-state index in [1.54, 1.807) is 0 Å². The minimum Gasteiger partial charge on any atom is -0.354 e. The molecule has 2 fully saturated rings. The van der Waals surface area contributed by atoms with Crippen LogP contribution in [0.3, 0.4) is 0 Å². The number of nitrogens with zero attached hydrogens (tertiary/aromatic N) is 1. The van der Waals surface area contributed by atoms with E-state index in [9.17, 15) is 4.79 Å². The van der Waals surface area contributed by atoms with Crippen LogP contribution in [-0.4, -0.2) is 60.6 Å². The lowest BCUT2D eigenvalue weighted by atomic mass is 9.99. The SMILES string of the molecule is CC1CCCN(C(C)CNC(=O)CC2CSCCN2)C1. The molecule has 2 N–H and O–H groups in total. The highest BCUT2D eigenvalue weighted by atomic mass is 32.2. The molecule has 2 rings (SSSR count). The molecule has 0 radical (unpaired) electrons. The lowest BCUT2D eigenvalue weighted by Crippen LogP contribution is -2.47. The van der Waals surface area contributed by atoms with Crippen LogP contribution in [0.4, 0.5) is 0 Å². The molecule has 0 spiro atoms. The average molecular weight is 299 g/mol. The van der Waals surface area contributed by atoms with E-state index in [0.29, 0.717) is 18.5 Å². The van der Waals surface area contributed by atoms with E-state index in [4.69, 9.17) is 0 Å². The molecule has 2 aliphatic heterocycles. The van der Waals surface area contributed by atoms with E-state index in [2.05, 4.69) is 29.4 Å². The lowest BCUT2D eigenvalue weighted by Gasteiger charge is -2.35. The van der Waals surface area contributed by atoms with Crippen molar-refractivity contribution in [3.8, 4) is 0 Å². The van der Waals surface area contributed by atoms with Gasteiger partial charge in [-0.05, 0) is 32.2 Å². The summed E-state index contributed by atoms with van der Waals surface area (Å²) in [5.41, 5.74) is 0. The van der Waals surface area contributed by atoms with E-state index >= 15 is 0 Å². The Morgan fingerprint density at radius 2 is 2.40 bits per heavy atom. The summed E-state index contributed by atoms with van der Waals surface area (Å²) in [6.07, 6.45) is 3.26. The molecule has 0 saturated carbocycles. The first-order valence-electron chi connectivity index (χ1n) is 7.97. The van der Waals surface area contributed by atoms with Gasteiger partial charge >= 0.3 is 0 Å². The van der Waals surface area contributed by atoms with Crippen LogP contribution in [0.25, 0.3) is 0 Å². The first-order chi connectivity index (χ1) is 9.65. The molecule has 2 heterocycles. The van der Waals surface area contributed by atoms with Gasteiger partial charge in [-0.15, -0.1) is 0 Å². The molecule has 0 aromatic rings. The van der Waals surface area contributed by atoms with Crippen LogP contribution in [0.15, 0.2) is 0 Å². The normalized spacial score (nSPS) is 29.9. The molecule has 2 saturated heterocycles. The van der Waals surface area contributed by atoms with Crippen molar-refractivity contribution in [3.05, 3.63) is 0 Å². The van der Waals surface area contributed by atoms with Crippen molar-refractivity contribution in [3.63, 3.8) is 0 Å². The molecule has 0 aromatic heterocycles. The average Bonchev–Trinajstić information content (AvgIpc) is 2.46. The molecule has 2 aliphatic rings. The monoisotopic (exact) mass is 299 g/mol. The molecule has 4 nitrogen and oxygen atoms in total. The maximum Gasteiger partial charge on any atom is 0.221 e. The van der Waals surface area contributed by atoms with E-state index in [-0.39, 0.29) is 5.91 Å². The van der Waals surface area contributed by atoms with Gasteiger partial charge in [-0.1, -0.05) is 6.92 Å². The first-order valence-corrected chi connectivity index (χ1v) is 9.12. The number of nitrogens with one attached hydrogen (secondary N) is 2. The van der Waals surface area contributed by atoms with Crippen molar-refractivity contribution >= 4 is 17.7 Å². The fourth-order valence-electron chi connectivity index (χ4n) is 3.06. The second-order valence-corrected chi connectivity index (χ2v) is 7.48. The number of carbonyl (C=O) groups is 1. The predicted octanol–water partition coefficient (Wildman–Crippen LogP) is 1.32. The van der Waals surface area contributed by atoms with Gasteiger partial charge in [0.2, 0.25) is 5.91 Å². The number of piperidine rings is 1. The minimum atomic E-state index is 0.196. The highest BCUT2D eigenvalue weighted by molar-refractivity contribution is 7.99. The van der Waals surface area contributed by atoms with E-state index < -0.39 is 0 Å². The van der Waals surface area contributed by atoms with Gasteiger partial charge < -0.3 is 10.6 Å². The van der Waals surface area contributed by atoms with Crippen molar-refractivity contribution in [2.24, 2.45) is 5.92 Å². The number of thioether (sulfide) groups is 1. The predicted molar refractivity (Wildman–Crippen MR) is 86.2 cm³/mol. The molecule has 0 bridgehead atoms. The topological polar surface area (TPSA) is 44.4 Å². The smallest absolute Gasteiger partial charge is 0.221 e. The van der Waals surface area contributed by atoms with Gasteiger partial charge in [0.25, 0.3) is 0 Å². The molecular weight excluding hydrogens is 270 g/mol. The van der Waals surface area contributed by atoms with Crippen molar-refractivity contribution < 1.29 is 4.79 Å². The van der Waals surface area contributed by atoms with Crippen LogP contribution < -0.4 is 10.6 Å². The fraction of sp³-hybridized carbons (Fsp3) is 0.933. The Kier molecular flexibility index (Phi) is 6.65. The largest absolute Gasteiger partial charge is 0.354 e. The summed E-state index contributed by atoms with van der Waals surface area (Å²) in [7, 11) is 0. The van der Waals surface area contributed by atoms with Crippen molar-refractivity contribution in [1.29, 1.82) is 0 Å². The van der Waals surface area contributed by atoms with Crippen LogP contribution in [-0.2, 0) is 4.79 Å². The lowest BCUT2D eigenvalue weighted by molar-refractivity contribution is -0.121. The minimum absolute atomic E-state index is 0.196. The molecule has 0 aliphatic carbocycles. The maximum absolute atomic E-state index is 12.0. The van der Waals surface area contributed by atoms with Crippen molar-refractivity contribution in [1.82, 2.24) is 15.5 Å².